The van der Waals surface area contributed by atoms with Crippen LogP contribution in [0.1, 0.15) is 28.8 Å². The maximum absolute atomic E-state index is 12.7. The summed E-state index contributed by atoms with van der Waals surface area (Å²) in [5, 5.41) is 2.83. The van der Waals surface area contributed by atoms with Crippen molar-refractivity contribution in [3.8, 4) is 11.5 Å². The Morgan fingerprint density at radius 3 is 2.26 bits per heavy atom. The third-order valence-corrected chi connectivity index (χ3v) is 7.46. The third kappa shape index (κ3) is 5.95. The summed E-state index contributed by atoms with van der Waals surface area (Å²) in [6, 6.07) is 23.3. The first-order valence-electron chi connectivity index (χ1n) is 11.3. The van der Waals surface area contributed by atoms with E-state index in [9.17, 15) is 13.2 Å². The van der Waals surface area contributed by atoms with E-state index >= 15 is 0 Å². The Bertz CT molecular complexity index is 1190. The van der Waals surface area contributed by atoms with Crippen LogP contribution in [-0.4, -0.2) is 44.9 Å². The fraction of sp³-hybridized carbons (Fsp3) is 0.269. The summed E-state index contributed by atoms with van der Waals surface area (Å²) < 4.78 is 38.2. The van der Waals surface area contributed by atoms with Crippen molar-refractivity contribution in [1.82, 2.24) is 9.62 Å². The number of carbonyl (C=O) groups excluding carboxylic acids is 1. The molecule has 0 radical (unpaired) electrons. The number of hydrogen-bond donors (Lipinski definition) is 1. The molecule has 3 aromatic carbocycles. The highest BCUT2D eigenvalue weighted by Gasteiger charge is 2.26. The monoisotopic (exact) mass is 480 g/mol. The molecule has 8 heteroatoms. The average molecular weight is 481 g/mol. The molecular formula is C26H28N2O5S. The predicted octanol–water partition coefficient (Wildman–Crippen LogP) is 3.86. The van der Waals surface area contributed by atoms with Crippen LogP contribution >= 0.6 is 0 Å². The van der Waals surface area contributed by atoms with Gasteiger partial charge in [-0.2, -0.15) is 4.31 Å². The standard InChI is InChI=1S/C26H28N2O5S/c29-26(24-10-4-5-11-25(24)33-20-21-8-2-1-3-9-21)27-16-19-32-22-12-14-23(15-13-22)34(30,31)28-17-6-7-18-28/h1-5,8-15H,6-7,16-20H2,(H,27,29). The van der Waals surface area contributed by atoms with Crippen LogP contribution in [0.3, 0.4) is 0 Å². The van der Waals surface area contributed by atoms with Crippen molar-refractivity contribution >= 4 is 15.9 Å². The number of nitrogens with one attached hydrogen (secondary N) is 1. The lowest BCUT2D eigenvalue weighted by atomic mass is 10.2. The van der Waals surface area contributed by atoms with Gasteiger partial charge in [0.2, 0.25) is 10.0 Å². The summed E-state index contributed by atoms with van der Waals surface area (Å²) in [7, 11) is -3.44. The number of hydrogen-bond acceptors (Lipinski definition) is 5. The topological polar surface area (TPSA) is 84.9 Å². The van der Waals surface area contributed by atoms with Gasteiger partial charge in [-0.1, -0.05) is 42.5 Å². The quantitative estimate of drug-likeness (QED) is 0.446. The van der Waals surface area contributed by atoms with Crippen molar-refractivity contribution in [1.29, 1.82) is 0 Å². The zero-order valence-corrected chi connectivity index (χ0v) is 19.7. The zero-order valence-electron chi connectivity index (χ0n) is 18.9. The van der Waals surface area contributed by atoms with Gasteiger partial charge in [0.25, 0.3) is 5.91 Å². The lowest BCUT2D eigenvalue weighted by Gasteiger charge is -2.15. The third-order valence-electron chi connectivity index (χ3n) is 5.55. The number of rotatable bonds is 10. The van der Waals surface area contributed by atoms with Gasteiger partial charge >= 0.3 is 0 Å². The van der Waals surface area contributed by atoms with Crippen LogP contribution < -0.4 is 14.8 Å². The summed E-state index contributed by atoms with van der Waals surface area (Å²) in [4.78, 5) is 12.9. The van der Waals surface area contributed by atoms with Gasteiger partial charge in [-0.3, -0.25) is 4.79 Å². The van der Waals surface area contributed by atoms with E-state index in [1.165, 1.54) is 4.31 Å². The van der Waals surface area contributed by atoms with Crippen molar-refractivity contribution < 1.29 is 22.7 Å². The zero-order chi connectivity index (χ0) is 23.8. The lowest BCUT2D eigenvalue weighted by molar-refractivity contribution is 0.0942. The maximum atomic E-state index is 12.7. The Kier molecular flexibility index (Phi) is 7.82. The minimum atomic E-state index is -3.44. The predicted molar refractivity (Wildman–Crippen MR) is 129 cm³/mol. The van der Waals surface area contributed by atoms with Gasteiger partial charge in [0.1, 0.15) is 24.7 Å². The molecule has 0 aliphatic carbocycles. The Labute approximate surface area is 200 Å². The first-order valence-corrected chi connectivity index (χ1v) is 12.7. The molecule has 0 spiro atoms. The van der Waals surface area contributed by atoms with E-state index in [0.717, 1.165) is 18.4 Å². The lowest BCUT2D eigenvalue weighted by Crippen LogP contribution is -2.28. The average Bonchev–Trinajstić information content (AvgIpc) is 3.43. The second kappa shape index (κ2) is 11.2. The number of amides is 1. The van der Waals surface area contributed by atoms with Crippen LogP contribution in [0, 0.1) is 0 Å². The molecule has 1 aliphatic heterocycles. The van der Waals surface area contributed by atoms with Crippen LogP contribution in [0.4, 0.5) is 0 Å². The summed E-state index contributed by atoms with van der Waals surface area (Å²) in [6.07, 6.45) is 1.80. The molecule has 0 aromatic heterocycles. The molecule has 1 saturated heterocycles. The van der Waals surface area contributed by atoms with E-state index in [4.69, 9.17) is 9.47 Å². The van der Waals surface area contributed by atoms with E-state index in [1.54, 1.807) is 42.5 Å². The molecule has 1 amide bonds. The Balaban J connectivity index is 1.26. The highest BCUT2D eigenvalue weighted by molar-refractivity contribution is 7.89. The smallest absolute Gasteiger partial charge is 0.255 e. The molecular weight excluding hydrogens is 452 g/mol. The number of benzene rings is 3. The summed E-state index contributed by atoms with van der Waals surface area (Å²) in [5.74, 6) is 0.806. The molecule has 4 rings (SSSR count). The molecule has 3 aromatic rings. The van der Waals surface area contributed by atoms with Gasteiger partial charge in [-0.15, -0.1) is 0 Å². The summed E-state index contributed by atoms with van der Waals surface area (Å²) in [6.45, 7) is 2.05. The van der Waals surface area contributed by atoms with Crippen molar-refractivity contribution in [2.75, 3.05) is 26.2 Å². The van der Waals surface area contributed by atoms with Gasteiger partial charge in [0.15, 0.2) is 0 Å². The van der Waals surface area contributed by atoms with E-state index in [0.29, 0.717) is 43.3 Å². The van der Waals surface area contributed by atoms with Gasteiger partial charge < -0.3 is 14.8 Å². The van der Waals surface area contributed by atoms with Crippen molar-refractivity contribution in [3.05, 3.63) is 90.0 Å². The van der Waals surface area contributed by atoms with Crippen LogP contribution in [0.2, 0.25) is 0 Å². The van der Waals surface area contributed by atoms with Gasteiger partial charge in [-0.25, -0.2) is 8.42 Å². The van der Waals surface area contributed by atoms with E-state index in [1.807, 2.05) is 36.4 Å². The van der Waals surface area contributed by atoms with Gasteiger partial charge in [-0.05, 0) is 54.8 Å². The van der Waals surface area contributed by atoms with E-state index < -0.39 is 10.0 Å². The second-order valence-corrected chi connectivity index (χ2v) is 9.90. The fourth-order valence-electron chi connectivity index (χ4n) is 3.73. The molecule has 0 atom stereocenters. The normalized spacial score (nSPS) is 14.0. The van der Waals surface area contributed by atoms with Crippen LogP contribution in [0.25, 0.3) is 0 Å². The Hall–Kier alpha value is -3.36. The summed E-state index contributed by atoms with van der Waals surface area (Å²) in [5.41, 5.74) is 1.47. The molecule has 1 aliphatic rings. The van der Waals surface area contributed by atoms with Crippen molar-refractivity contribution in [2.45, 2.75) is 24.3 Å². The molecule has 1 N–H and O–H groups in total. The van der Waals surface area contributed by atoms with Crippen LogP contribution in [-0.2, 0) is 16.6 Å². The number of nitrogens with zero attached hydrogens (tertiary/aromatic N) is 1. The first kappa shape index (κ1) is 23.8. The Morgan fingerprint density at radius 1 is 0.853 bits per heavy atom. The number of carbonyl (C=O) groups is 1. The molecule has 34 heavy (non-hydrogen) atoms. The van der Waals surface area contributed by atoms with Crippen molar-refractivity contribution in [3.63, 3.8) is 0 Å². The van der Waals surface area contributed by atoms with E-state index in [2.05, 4.69) is 5.32 Å². The molecule has 1 fully saturated rings. The fourth-order valence-corrected chi connectivity index (χ4v) is 5.25. The maximum Gasteiger partial charge on any atom is 0.255 e. The molecule has 0 bridgehead atoms. The molecule has 1 heterocycles. The van der Waals surface area contributed by atoms with Gasteiger partial charge in [0, 0.05) is 13.1 Å². The Morgan fingerprint density at radius 2 is 1.53 bits per heavy atom. The largest absolute Gasteiger partial charge is 0.492 e. The van der Waals surface area contributed by atoms with Gasteiger partial charge in [0.05, 0.1) is 17.0 Å². The molecule has 7 nitrogen and oxygen atoms in total. The molecule has 178 valence electrons. The number of ether oxygens (including phenoxy) is 2. The minimum Gasteiger partial charge on any atom is -0.492 e. The van der Waals surface area contributed by atoms with Crippen LogP contribution in [0.5, 0.6) is 11.5 Å². The van der Waals surface area contributed by atoms with Crippen molar-refractivity contribution in [2.24, 2.45) is 0 Å². The number of sulfonamides is 1. The SMILES string of the molecule is O=C(NCCOc1ccc(S(=O)(=O)N2CCCC2)cc1)c1ccccc1OCc1ccccc1. The second-order valence-electron chi connectivity index (χ2n) is 7.96. The number of para-hydroxylation sites is 1. The molecule has 0 unspecified atom stereocenters. The van der Waals surface area contributed by atoms with Crippen LogP contribution in [0.15, 0.2) is 83.8 Å². The first-order chi connectivity index (χ1) is 16.5. The molecule has 0 saturated carbocycles. The summed E-state index contributed by atoms with van der Waals surface area (Å²) >= 11 is 0. The van der Waals surface area contributed by atoms with E-state index in [-0.39, 0.29) is 17.4 Å². The minimum absolute atomic E-state index is 0.247. The highest BCUT2D eigenvalue weighted by Crippen LogP contribution is 2.23. The highest BCUT2D eigenvalue weighted by atomic mass is 32.2.